The van der Waals surface area contributed by atoms with E-state index in [1.807, 2.05) is 152 Å². The third-order valence-corrected chi connectivity index (χ3v) is 9.41. The molecule has 0 amide bonds. The minimum Gasteiger partial charge on any atom is -0.304 e. The van der Waals surface area contributed by atoms with Crippen LogP contribution in [0, 0.1) is 26.0 Å². The molecule has 0 N–H and O–H groups in total. The Kier molecular flexibility index (Phi) is 12.4. The van der Waals surface area contributed by atoms with Crippen molar-refractivity contribution >= 4 is 0 Å². The van der Waals surface area contributed by atoms with Crippen LogP contribution in [0.4, 0.5) is 0 Å². The number of pyridine rings is 2. The minimum absolute atomic E-state index is 0. The van der Waals surface area contributed by atoms with Gasteiger partial charge in [0.25, 0.3) is 0 Å². The van der Waals surface area contributed by atoms with E-state index in [-0.39, 0.29) is 20.1 Å². The van der Waals surface area contributed by atoms with Crippen molar-refractivity contribution in [2.24, 2.45) is 0 Å². The smallest absolute Gasteiger partial charge is 0.164 e. The van der Waals surface area contributed by atoms with Crippen LogP contribution in [0.1, 0.15) is 11.1 Å². The number of aryl methyl sites for hydroxylation is 2. The Morgan fingerprint density at radius 3 is 1.21 bits per heavy atom. The predicted octanol–water partition coefficient (Wildman–Crippen LogP) is 12.2. The Hall–Kier alpha value is -6.72. The Labute approximate surface area is 347 Å². The molecule has 1 radical (unpaired) electrons. The molecule has 0 aliphatic rings. The second-order valence-electron chi connectivity index (χ2n) is 13.3. The molecule has 5 nitrogen and oxygen atoms in total. The molecule has 9 aromatic rings. The molecule has 3 heterocycles. The predicted molar refractivity (Wildman–Crippen MR) is 227 cm³/mol. The van der Waals surface area contributed by atoms with Crippen molar-refractivity contribution < 1.29 is 20.1 Å². The van der Waals surface area contributed by atoms with Crippen molar-refractivity contribution in [2.75, 3.05) is 0 Å². The van der Waals surface area contributed by atoms with E-state index in [2.05, 4.69) is 67.4 Å². The molecule has 3 aromatic heterocycles. The first-order chi connectivity index (χ1) is 27.6. The van der Waals surface area contributed by atoms with Crippen LogP contribution >= 0.6 is 0 Å². The molecule has 0 spiro atoms. The summed E-state index contributed by atoms with van der Waals surface area (Å²) in [7, 11) is 0. The zero-order valence-electron chi connectivity index (χ0n) is 31.5. The van der Waals surface area contributed by atoms with Gasteiger partial charge in [0.15, 0.2) is 11.6 Å². The third-order valence-electron chi connectivity index (χ3n) is 9.41. The number of hydrogen-bond donors (Lipinski definition) is 0. The average molecular weight is 912 g/mol. The standard InChI is InChI=1S/C33H23N4.C18H14N.Ir/c1-23-20-30(34-22-29(23)24-12-5-2-6-13-24)27-18-11-19-28(21-27)33-36-31(25-14-7-3-8-15-25)35-32(37-33)26-16-9-4-10-17-26;1-14-12-18(16-10-6-3-7-11-16)19-13-17(14)15-8-4-2-5-9-15;/h2-17,19-22H,1H3;2-10,12-13H,1H3;/q2*-1;. The fraction of sp³-hybridized carbons (Fsp3) is 0.0392. The van der Waals surface area contributed by atoms with Gasteiger partial charge in [0, 0.05) is 54.8 Å². The molecule has 0 atom stereocenters. The van der Waals surface area contributed by atoms with Gasteiger partial charge in [0.2, 0.25) is 0 Å². The number of hydrogen-bond acceptors (Lipinski definition) is 5. The summed E-state index contributed by atoms with van der Waals surface area (Å²) in [6.45, 7) is 4.23. The third kappa shape index (κ3) is 9.22. The Morgan fingerprint density at radius 1 is 0.368 bits per heavy atom. The molecule has 57 heavy (non-hydrogen) atoms. The van der Waals surface area contributed by atoms with Crippen molar-refractivity contribution in [1.29, 1.82) is 0 Å². The molecule has 277 valence electrons. The second kappa shape index (κ2) is 18.3. The van der Waals surface area contributed by atoms with E-state index in [4.69, 9.17) is 19.9 Å². The van der Waals surface area contributed by atoms with Gasteiger partial charge in [-0.2, -0.15) is 0 Å². The van der Waals surface area contributed by atoms with Crippen LogP contribution in [0.15, 0.2) is 188 Å². The van der Waals surface area contributed by atoms with Crippen LogP contribution in [-0.2, 0) is 20.1 Å². The first kappa shape index (κ1) is 38.5. The summed E-state index contributed by atoms with van der Waals surface area (Å²) >= 11 is 0. The number of aromatic nitrogens is 5. The van der Waals surface area contributed by atoms with E-state index < -0.39 is 0 Å². The maximum absolute atomic E-state index is 4.85. The molecule has 6 aromatic carbocycles. The summed E-state index contributed by atoms with van der Waals surface area (Å²) < 4.78 is 0. The van der Waals surface area contributed by atoms with Crippen molar-refractivity contribution in [2.45, 2.75) is 13.8 Å². The van der Waals surface area contributed by atoms with E-state index in [1.54, 1.807) is 0 Å². The Balaban J connectivity index is 0.000000209. The van der Waals surface area contributed by atoms with Crippen molar-refractivity contribution in [1.82, 2.24) is 24.9 Å². The zero-order valence-corrected chi connectivity index (χ0v) is 33.9. The van der Waals surface area contributed by atoms with Gasteiger partial charge < -0.3 is 9.97 Å². The first-order valence-corrected chi connectivity index (χ1v) is 18.5. The summed E-state index contributed by atoms with van der Waals surface area (Å²) in [6.07, 6.45) is 3.88. The van der Waals surface area contributed by atoms with Gasteiger partial charge in [-0.05, 0) is 47.5 Å². The molecule has 0 aliphatic carbocycles. The van der Waals surface area contributed by atoms with Crippen LogP contribution in [0.2, 0.25) is 0 Å². The summed E-state index contributed by atoms with van der Waals surface area (Å²) in [5.41, 5.74) is 13.6. The molecule has 9 rings (SSSR count). The molecular formula is C51H37IrN5-2. The van der Waals surface area contributed by atoms with Crippen LogP contribution in [0.25, 0.3) is 78.9 Å². The monoisotopic (exact) mass is 912 g/mol. The topological polar surface area (TPSA) is 64.5 Å². The second-order valence-corrected chi connectivity index (χ2v) is 13.3. The fourth-order valence-electron chi connectivity index (χ4n) is 6.49. The maximum Gasteiger partial charge on any atom is 0.164 e. The quantitative estimate of drug-likeness (QED) is 0.149. The molecular weight excluding hydrogens is 875 g/mol. The van der Waals surface area contributed by atoms with E-state index >= 15 is 0 Å². The van der Waals surface area contributed by atoms with E-state index in [0.717, 1.165) is 55.9 Å². The van der Waals surface area contributed by atoms with Gasteiger partial charge in [0.05, 0.1) is 0 Å². The van der Waals surface area contributed by atoms with Gasteiger partial charge in [-0.1, -0.05) is 139 Å². The van der Waals surface area contributed by atoms with Gasteiger partial charge in [-0.3, -0.25) is 0 Å². The van der Waals surface area contributed by atoms with E-state index in [0.29, 0.717) is 17.5 Å². The minimum atomic E-state index is 0. The Bertz CT molecular complexity index is 2630. The van der Waals surface area contributed by atoms with Gasteiger partial charge in [-0.25, -0.2) is 15.0 Å². The summed E-state index contributed by atoms with van der Waals surface area (Å²) in [5, 5.41) is 0. The van der Waals surface area contributed by atoms with Crippen molar-refractivity contribution in [3.63, 3.8) is 0 Å². The van der Waals surface area contributed by atoms with Crippen molar-refractivity contribution in [3.05, 3.63) is 212 Å². The van der Waals surface area contributed by atoms with Gasteiger partial charge in [-0.15, -0.1) is 65.7 Å². The van der Waals surface area contributed by atoms with Gasteiger partial charge in [0.1, 0.15) is 5.82 Å². The van der Waals surface area contributed by atoms with E-state index in [9.17, 15) is 0 Å². The molecule has 0 bridgehead atoms. The normalized spacial score (nSPS) is 10.5. The molecule has 0 aliphatic heterocycles. The summed E-state index contributed by atoms with van der Waals surface area (Å²) in [6, 6.07) is 65.3. The number of rotatable bonds is 7. The van der Waals surface area contributed by atoms with Crippen LogP contribution < -0.4 is 0 Å². The number of nitrogens with zero attached hydrogens (tertiary/aromatic N) is 5. The first-order valence-electron chi connectivity index (χ1n) is 18.5. The SMILES string of the molecule is Cc1cc(-c2[c-]ccc(-c3nc(-c4ccccc4)nc(-c4ccccc4)n3)c2)ncc1-c1ccccc1.Cc1cc(-c2[c-]cccc2)ncc1-c1ccccc1.[Ir]. The maximum atomic E-state index is 4.85. The van der Waals surface area contributed by atoms with E-state index in [1.165, 1.54) is 16.7 Å². The van der Waals surface area contributed by atoms with Gasteiger partial charge >= 0.3 is 0 Å². The molecule has 0 saturated heterocycles. The van der Waals surface area contributed by atoms with Crippen LogP contribution in [0.3, 0.4) is 0 Å². The molecule has 0 fully saturated rings. The molecule has 0 unspecified atom stereocenters. The Morgan fingerprint density at radius 2 is 0.772 bits per heavy atom. The van der Waals surface area contributed by atoms with Crippen LogP contribution in [0.5, 0.6) is 0 Å². The summed E-state index contributed by atoms with van der Waals surface area (Å²) in [5.74, 6) is 1.89. The number of benzene rings is 6. The fourth-order valence-corrected chi connectivity index (χ4v) is 6.49. The van der Waals surface area contributed by atoms with Crippen LogP contribution in [-0.4, -0.2) is 24.9 Å². The largest absolute Gasteiger partial charge is 0.304 e. The zero-order chi connectivity index (χ0) is 38.1. The molecule has 6 heteroatoms. The average Bonchev–Trinajstić information content (AvgIpc) is 3.28. The van der Waals surface area contributed by atoms with Crippen molar-refractivity contribution in [3.8, 4) is 78.9 Å². The summed E-state index contributed by atoms with van der Waals surface area (Å²) in [4.78, 5) is 23.8. The molecule has 0 saturated carbocycles.